The van der Waals surface area contributed by atoms with Crippen molar-refractivity contribution in [1.82, 2.24) is 4.98 Å². The predicted molar refractivity (Wildman–Crippen MR) is 114 cm³/mol. The number of nitrogens with zero attached hydrogens (tertiary/aromatic N) is 3. The van der Waals surface area contributed by atoms with Crippen LogP contribution in [0, 0.1) is 5.82 Å². The maximum absolute atomic E-state index is 13.2. The summed E-state index contributed by atoms with van der Waals surface area (Å²) in [5.74, 6) is -0.884. The number of fused-ring (bicyclic) bond motifs is 1. The van der Waals surface area contributed by atoms with E-state index in [-0.39, 0.29) is 23.5 Å². The zero-order valence-corrected chi connectivity index (χ0v) is 17.3. The SMILES string of the molecule is CCOC(=O)c1cnc2cc(C(F)(F)F)ccc2c1N1CCN(c2ccc(F)cc2)CC1. The van der Waals surface area contributed by atoms with Gasteiger partial charge in [-0.2, -0.15) is 13.2 Å². The lowest BCUT2D eigenvalue weighted by Gasteiger charge is -2.38. The minimum atomic E-state index is -4.49. The van der Waals surface area contributed by atoms with Crippen LogP contribution in [-0.2, 0) is 10.9 Å². The summed E-state index contributed by atoms with van der Waals surface area (Å²) in [5, 5.41) is 0.457. The van der Waals surface area contributed by atoms with Gasteiger partial charge in [0, 0.05) is 43.4 Å². The van der Waals surface area contributed by atoms with Gasteiger partial charge in [0.25, 0.3) is 0 Å². The number of anilines is 2. The van der Waals surface area contributed by atoms with Crippen molar-refractivity contribution in [1.29, 1.82) is 0 Å². The monoisotopic (exact) mass is 447 g/mol. The van der Waals surface area contributed by atoms with Gasteiger partial charge in [-0.25, -0.2) is 9.18 Å². The van der Waals surface area contributed by atoms with E-state index in [0.717, 1.165) is 17.8 Å². The van der Waals surface area contributed by atoms with Crippen molar-refractivity contribution in [2.24, 2.45) is 0 Å². The van der Waals surface area contributed by atoms with Gasteiger partial charge in [-0.3, -0.25) is 4.98 Å². The Kier molecular flexibility index (Phi) is 5.90. The lowest BCUT2D eigenvalue weighted by molar-refractivity contribution is -0.137. The summed E-state index contributed by atoms with van der Waals surface area (Å²) >= 11 is 0. The number of aromatic nitrogens is 1. The highest BCUT2D eigenvalue weighted by atomic mass is 19.4. The second-order valence-electron chi connectivity index (χ2n) is 7.42. The molecule has 4 rings (SSSR count). The standard InChI is InChI=1S/C23H21F4N3O2/c1-2-32-22(31)19-14-28-20-13-15(23(25,26)27)3-8-18(20)21(19)30-11-9-29(10-12-30)17-6-4-16(24)5-7-17/h3-8,13-14H,2,9-12H2,1H3. The van der Waals surface area contributed by atoms with Crippen LogP contribution in [0.25, 0.3) is 10.9 Å². The van der Waals surface area contributed by atoms with Crippen molar-refractivity contribution in [2.75, 3.05) is 42.6 Å². The first kappa shape index (κ1) is 21.9. The normalized spacial score (nSPS) is 14.7. The molecule has 1 aliphatic heterocycles. The molecule has 1 fully saturated rings. The lowest BCUT2D eigenvalue weighted by atomic mass is 10.0. The Hall–Kier alpha value is -3.36. The fraction of sp³-hybridized carbons (Fsp3) is 0.304. The molecule has 0 aliphatic carbocycles. The Morgan fingerprint density at radius 1 is 1.03 bits per heavy atom. The van der Waals surface area contributed by atoms with E-state index in [1.54, 1.807) is 19.1 Å². The molecule has 5 nitrogen and oxygen atoms in total. The minimum Gasteiger partial charge on any atom is -0.462 e. The Labute approximate surface area is 182 Å². The quantitative estimate of drug-likeness (QED) is 0.421. The summed E-state index contributed by atoms with van der Waals surface area (Å²) in [6.07, 6.45) is -3.21. The average molecular weight is 447 g/mol. The number of carbonyl (C=O) groups excluding carboxylic acids is 1. The van der Waals surface area contributed by atoms with Crippen LogP contribution in [-0.4, -0.2) is 43.7 Å². The Morgan fingerprint density at radius 2 is 1.69 bits per heavy atom. The van der Waals surface area contributed by atoms with Gasteiger partial charge in [0.05, 0.1) is 23.4 Å². The van der Waals surface area contributed by atoms with E-state index in [0.29, 0.717) is 37.3 Å². The molecular formula is C23H21F4N3O2. The molecule has 0 radical (unpaired) electrons. The largest absolute Gasteiger partial charge is 0.462 e. The molecule has 0 N–H and O–H groups in total. The first-order chi connectivity index (χ1) is 15.3. The van der Waals surface area contributed by atoms with E-state index in [2.05, 4.69) is 9.88 Å². The average Bonchev–Trinajstić information content (AvgIpc) is 2.78. The summed E-state index contributed by atoms with van der Waals surface area (Å²) < 4.78 is 57.9. The molecule has 1 aliphatic rings. The molecule has 0 saturated carbocycles. The third kappa shape index (κ3) is 4.32. The van der Waals surface area contributed by atoms with E-state index in [9.17, 15) is 22.4 Å². The molecule has 2 heterocycles. The molecule has 0 atom stereocenters. The summed E-state index contributed by atoms with van der Waals surface area (Å²) in [6.45, 7) is 4.08. The van der Waals surface area contributed by atoms with Gasteiger partial charge >= 0.3 is 12.1 Å². The van der Waals surface area contributed by atoms with Crippen LogP contribution in [0.3, 0.4) is 0 Å². The summed E-state index contributed by atoms with van der Waals surface area (Å²) in [4.78, 5) is 20.7. The first-order valence-electron chi connectivity index (χ1n) is 10.2. The van der Waals surface area contributed by atoms with Crippen molar-refractivity contribution in [3.05, 3.63) is 65.6 Å². The number of piperazine rings is 1. The van der Waals surface area contributed by atoms with Crippen LogP contribution < -0.4 is 9.80 Å². The first-order valence-corrected chi connectivity index (χ1v) is 10.2. The summed E-state index contributed by atoms with van der Waals surface area (Å²) in [6, 6.07) is 9.55. The van der Waals surface area contributed by atoms with Gasteiger partial charge in [-0.1, -0.05) is 6.07 Å². The van der Waals surface area contributed by atoms with Gasteiger partial charge in [-0.15, -0.1) is 0 Å². The van der Waals surface area contributed by atoms with Gasteiger partial charge in [0.15, 0.2) is 0 Å². The number of rotatable bonds is 4. The molecule has 0 bridgehead atoms. The summed E-state index contributed by atoms with van der Waals surface area (Å²) in [5.41, 5.74) is 0.971. The topological polar surface area (TPSA) is 45.7 Å². The molecule has 2 aromatic carbocycles. The second-order valence-corrected chi connectivity index (χ2v) is 7.42. The molecule has 0 amide bonds. The Morgan fingerprint density at radius 3 is 2.31 bits per heavy atom. The smallest absolute Gasteiger partial charge is 0.416 e. The number of halogens is 4. The van der Waals surface area contributed by atoms with Gasteiger partial charge in [0.1, 0.15) is 11.4 Å². The fourth-order valence-corrected chi connectivity index (χ4v) is 3.89. The highest BCUT2D eigenvalue weighted by Crippen LogP contribution is 2.36. The molecule has 3 aromatic rings. The van der Waals surface area contributed by atoms with Crippen LogP contribution in [0.2, 0.25) is 0 Å². The third-order valence-electron chi connectivity index (χ3n) is 5.45. The number of esters is 1. The highest BCUT2D eigenvalue weighted by Gasteiger charge is 2.32. The van der Waals surface area contributed by atoms with E-state index in [1.165, 1.54) is 24.4 Å². The van der Waals surface area contributed by atoms with E-state index in [1.807, 2.05) is 4.90 Å². The number of benzene rings is 2. The van der Waals surface area contributed by atoms with Crippen LogP contribution in [0.1, 0.15) is 22.8 Å². The van der Waals surface area contributed by atoms with Crippen molar-refractivity contribution in [3.63, 3.8) is 0 Å². The molecular weight excluding hydrogens is 426 g/mol. The van der Waals surface area contributed by atoms with Crippen molar-refractivity contribution in [2.45, 2.75) is 13.1 Å². The number of ether oxygens (including phenoxy) is 1. The maximum Gasteiger partial charge on any atom is 0.416 e. The van der Waals surface area contributed by atoms with Crippen LogP contribution in [0.4, 0.5) is 28.9 Å². The van der Waals surface area contributed by atoms with Crippen molar-refractivity contribution in [3.8, 4) is 0 Å². The molecule has 1 saturated heterocycles. The number of hydrogen-bond donors (Lipinski definition) is 0. The highest BCUT2D eigenvalue weighted by molar-refractivity contribution is 6.05. The van der Waals surface area contributed by atoms with E-state index < -0.39 is 17.7 Å². The van der Waals surface area contributed by atoms with Crippen LogP contribution in [0.5, 0.6) is 0 Å². The van der Waals surface area contributed by atoms with Crippen molar-refractivity contribution < 1.29 is 27.1 Å². The van der Waals surface area contributed by atoms with Gasteiger partial charge in [-0.05, 0) is 43.3 Å². The van der Waals surface area contributed by atoms with Gasteiger partial charge in [0.2, 0.25) is 0 Å². The Bertz CT molecular complexity index is 1120. The number of hydrogen-bond acceptors (Lipinski definition) is 5. The third-order valence-corrected chi connectivity index (χ3v) is 5.45. The number of alkyl halides is 3. The fourth-order valence-electron chi connectivity index (χ4n) is 3.89. The Balaban J connectivity index is 1.69. The predicted octanol–water partition coefficient (Wildman–Crippen LogP) is 4.90. The molecule has 168 valence electrons. The zero-order valence-electron chi connectivity index (χ0n) is 17.3. The van der Waals surface area contributed by atoms with E-state index in [4.69, 9.17) is 4.74 Å². The molecule has 1 aromatic heterocycles. The second kappa shape index (κ2) is 8.64. The minimum absolute atomic E-state index is 0.156. The van der Waals surface area contributed by atoms with Crippen LogP contribution >= 0.6 is 0 Å². The molecule has 9 heteroatoms. The van der Waals surface area contributed by atoms with Gasteiger partial charge < -0.3 is 14.5 Å². The molecule has 0 spiro atoms. The van der Waals surface area contributed by atoms with Crippen LogP contribution in [0.15, 0.2) is 48.7 Å². The summed E-state index contributed by atoms with van der Waals surface area (Å²) in [7, 11) is 0. The molecule has 0 unspecified atom stereocenters. The maximum atomic E-state index is 13.2. The lowest BCUT2D eigenvalue weighted by Crippen LogP contribution is -2.47. The molecule has 32 heavy (non-hydrogen) atoms. The number of carbonyl (C=O) groups is 1. The zero-order chi connectivity index (χ0) is 22.9. The van der Waals surface area contributed by atoms with E-state index >= 15 is 0 Å². The van der Waals surface area contributed by atoms with Crippen molar-refractivity contribution >= 4 is 28.2 Å². The number of pyridine rings is 1.